The summed E-state index contributed by atoms with van der Waals surface area (Å²) in [7, 11) is 1.84. The van der Waals surface area contributed by atoms with E-state index in [9.17, 15) is 4.79 Å². The first-order chi connectivity index (χ1) is 9.10. The lowest BCUT2D eigenvalue weighted by atomic mass is 10.2. The number of nitrogens with two attached hydrogens (primary N) is 1. The van der Waals surface area contributed by atoms with Crippen molar-refractivity contribution in [1.82, 2.24) is 20.1 Å². The van der Waals surface area contributed by atoms with E-state index in [-0.39, 0.29) is 5.91 Å². The Bertz CT molecular complexity index is 592. The molecule has 2 heterocycles. The summed E-state index contributed by atoms with van der Waals surface area (Å²) in [5.41, 5.74) is 5.30. The van der Waals surface area contributed by atoms with Crippen molar-refractivity contribution in [3.8, 4) is 0 Å². The van der Waals surface area contributed by atoms with Crippen LogP contribution in [-0.2, 0) is 13.6 Å². The van der Waals surface area contributed by atoms with Gasteiger partial charge in [0.05, 0.1) is 11.4 Å². The summed E-state index contributed by atoms with van der Waals surface area (Å²) in [6.07, 6.45) is 3.40. The summed E-state index contributed by atoms with van der Waals surface area (Å²) < 4.78 is 1.72. The average molecular weight is 260 g/mol. The minimum atomic E-state index is -0.250. The SMILES string of the molecule is Cc1nn(C)cc1CNC(=O)c1cc(NN)ccn1. The zero-order valence-electron chi connectivity index (χ0n) is 10.8. The van der Waals surface area contributed by atoms with Crippen LogP contribution in [-0.4, -0.2) is 20.7 Å². The zero-order chi connectivity index (χ0) is 13.8. The number of carbonyl (C=O) groups excluding carboxylic acids is 1. The predicted octanol–water partition coefficient (Wildman–Crippen LogP) is 0.339. The number of carbonyl (C=O) groups is 1. The van der Waals surface area contributed by atoms with Gasteiger partial charge in [-0.1, -0.05) is 0 Å². The Morgan fingerprint density at radius 3 is 2.95 bits per heavy atom. The van der Waals surface area contributed by atoms with Gasteiger partial charge in [0.1, 0.15) is 5.69 Å². The van der Waals surface area contributed by atoms with Crippen molar-refractivity contribution in [1.29, 1.82) is 0 Å². The van der Waals surface area contributed by atoms with Crippen molar-refractivity contribution in [3.63, 3.8) is 0 Å². The third kappa shape index (κ3) is 3.08. The molecule has 0 saturated heterocycles. The highest BCUT2D eigenvalue weighted by Crippen LogP contribution is 2.07. The fraction of sp³-hybridized carbons (Fsp3) is 0.250. The number of nitrogens with zero attached hydrogens (tertiary/aromatic N) is 3. The molecule has 0 aliphatic carbocycles. The molecule has 2 rings (SSSR count). The summed E-state index contributed by atoms with van der Waals surface area (Å²) >= 11 is 0. The lowest BCUT2D eigenvalue weighted by Crippen LogP contribution is -2.24. The summed E-state index contributed by atoms with van der Waals surface area (Å²) in [5, 5.41) is 7.01. The molecule has 7 nitrogen and oxygen atoms in total. The second-order valence-corrected chi connectivity index (χ2v) is 4.17. The topological polar surface area (TPSA) is 97.9 Å². The van der Waals surface area contributed by atoms with Gasteiger partial charge in [-0.3, -0.25) is 20.3 Å². The van der Waals surface area contributed by atoms with E-state index in [0.717, 1.165) is 11.3 Å². The van der Waals surface area contributed by atoms with Crippen LogP contribution < -0.4 is 16.6 Å². The average Bonchev–Trinajstić information content (AvgIpc) is 2.74. The Balaban J connectivity index is 2.03. The van der Waals surface area contributed by atoms with Gasteiger partial charge in [-0.05, 0) is 19.1 Å². The third-order valence-corrected chi connectivity index (χ3v) is 2.71. The molecule has 0 fully saturated rings. The highest BCUT2D eigenvalue weighted by atomic mass is 16.1. The Morgan fingerprint density at radius 1 is 1.53 bits per heavy atom. The molecule has 0 aromatic carbocycles. The number of nitrogens with one attached hydrogen (secondary N) is 2. The second kappa shape index (κ2) is 5.49. The van der Waals surface area contributed by atoms with Crippen molar-refractivity contribution in [2.45, 2.75) is 13.5 Å². The second-order valence-electron chi connectivity index (χ2n) is 4.17. The van der Waals surface area contributed by atoms with Gasteiger partial charge < -0.3 is 10.7 Å². The molecule has 0 atom stereocenters. The van der Waals surface area contributed by atoms with Crippen molar-refractivity contribution in [2.75, 3.05) is 5.43 Å². The lowest BCUT2D eigenvalue weighted by molar-refractivity contribution is 0.0946. The van der Waals surface area contributed by atoms with E-state index >= 15 is 0 Å². The van der Waals surface area contributed by atoms with E-state index in [1.54, 1.807) is 16.8 Å². The monoisotopic (exact) mass is 260 g/mol. The summed E-state index contributed by atoms with van der Waals surface area (Å²) in [6.45, 7) is 2.32. The number of aryl methyl sites for hydroxylation is 2. The fourth-order valence-electron chi connectivity index (χ4n) is 1.73. The Labute approximate surface area is 110 Å². The van der Waals surface area contributed by atoms with Gasteiger partial charge in [-0.15, -0.1) is 0 Å². The number of hydrogen-bond donors (Lipinski definition) is 3. The van der Waals surface area contributed by atoms with Crippen LogP contribution in [0.1, 0.15) is 21.7 Å². The molecule has 0 saturated carbocycles. The van der Waals surface area contributed by atoms with Crippen molar-refractivity contribution in [3.05, 3.63) is 41.5 Å². The molecule has 2 aromatic rings. The molecule has 100 valence electrons. The maximum atomic E-state index is 11.9. The number of pyridine rings is 1. The Hall–Kier alpha value is -2.41. The van der Waals surface area contributed by atoms with E-state index in [1.165, 1.54) is 6.20 Å². The number of rotatable bonds is 4. The van der Waals surface area contributed by atoms with Gasteiger partial charge in [-0.25, -0.2) is 0 Å². The molecule has 2 aromatic heterocycles. The van der Waals surface area contributed by atoms with Crippen molar-refractivity contribution >= 4 is 11.6 Å². The van der Waals surface area contributed by atoms with Gasteiger partial charge >= 0.3 is 0 Å². The first kappa shape index (κ1) is 13.0. The number of anilines is 1. The summed E-state index contributed by atoms with van der Waals surface area (Å²) in [6, 6.07) is 3.27. The van der Waals surface area contributed by atoms with Crippen molar-refractivity contribution < 1.29 is 4.79 Å². The molecule has 0 bridgehead atoms. The molecule has 0 aliphatic rings. The number of amides is 1. The van der Waals surface area contributed by atoms with E-state index in [4.69, 9.17) is 5.84 Å². The maximum absolute atomic E-state index is 11.9. The van der Waals surface area contributed by atoms with Gasteiger partial charge in [0.25, 0.3) is 5.91 Å². The molecule has 0 unspecified atom stereocenters. The molecular formula is C12H16N6O. The Morgan fingerprint density at radius 2 is 2.32 bits per heavy atom. The van der Waals surface area contributed by atoms with Gasteiger partial charge in [0.2, 0.25) is 0 Å². The molecule has 0 spiro atoms. The first-order valence-electron chi connectivity index (χ1n) is 5.80. The van der Waals surface area contributed by atoms with Crippen LogP contribution in [0.4, 0.5) is 5.69 Å². The van der Waals surface area contributed by atoms with Gasteiger partial charge in [0, 0.05) is 31.5 Å². The minimum Gasteiger partial charge on any atom is -0.346 e. The molecule has 19 heavy (non-hydrogen) atoms. The van der Waals surface area contributed by atoms with Crippen molar-refractivity contribution in [2.24, 2.45) is 12.9 Å². The van der Waals surface area contributed by atoms with Gasteiger partial charge in [0.15, 0.2) is 0 Å². The van der Waals surface area contributed by atoms with Crippen LogP contribution in [0.15, 0.2) is 24.5 Å². The normalized spacial score (nSPS) is 10.3. The van der Waals surface area contributed by atoms with Crippen LogP contribution in [0.3, 0.4) is 0 Å². The predicted molar refractivity (Wildman–Crippen MR) is 71.2 cm³/mol. The molecule has 4 N–H and O–H groups in total. The molecule has 7 heteroatoms. The molecule has 0 aliphatic heterocycles. The van der Waals surface area contributed by atoms with E-state index in [0.29, 0.717) is 17.9 Å². The highest BCUT2D eigenvalue weighted by Gasteiger charge is 2.09. The van der Waals surface area contributed by atoms with E-state index < -0.39 is 0 Å². The van der Waals surface area contributed by atoms with E-state index in [1.807, 2.05) is 20.2 Å². The number of nitrogen functional groups attached to an aromatic ring is 1. The standard InChI is InChI=1S/C12H16N6O/c1-8-9(7-18(2)17-8)6-15-12(19)11-5-10(16-13)3-4-14-11/h3-5,7H,6,13H2,1-2H3,(H,14,16)(H,15,19). The maximum Gasteiger partial charge on any atom is 0.270 e. The Kier molecular flexibility index (Phi) is 3.76. The number of hydrogen-bond acceptors (Lipinski definition) is 5. The molecule has 0 radical (unpaired) electrons. The molecule has 1 amide bonds. The minimum absolute atomic E-state index is 0.250. The van der Waals surface area contributed by atoms with Crippen LogP contribution in [0.25, 0.3) is 0 Å². The summed E-state index contributed by atoms with van der Waals surface area (Å²) in [5.74, 6) is 5.04. The quantitative estimate of drug-likeness (QED) is 0.544. The molecular weight excluding hydrogens is 244 g/mol. The van der Waals surface area contributed by atoms with Gasteiger partial charge in [-0.2, -0.15) is 5.10 Å². The van der Waals surface area contributed by atoms with Crippen LogP contribution in [0, 0.1) is 6.92 Å². The van der Waals surface area contributed by atoms with E-state index in [2.05, 4.69) is 20.8 Å². The first-order valence-corrected chi connectivity index (χ1v) is 5.80. The van der Waals surface area contributed by atoms with Crippen LogP contribution >= 0.6 is 0 Å². The number of aromatic nitrogens is 3. The fourth-order valence-corrected chi connectivity index (χ4v) is 1.73. The van der Waals surface area contributed by atoms with Crippen LogP contribution in [0.2, 0.25) is 0 Å². The largest absolute Gasteiger partial charge is 0.346 e. The third-order valence-electron chi connectivity index (χ3n) is 2.71. The smallest absolute Gasteiger partial charge is 0.270 e. The zero-order valence-corrected chi connectivity index (χ0v) is 10.8. The number of hydrazine groups is 1. The highest BCUT2D eigenvalue weighted by molar-refractivity contribution is 5.93. The lowest BCUT2D eigenvalue weighted by Gasteiger charge is -2.05. The summed E-state index contributed by atoms with van der Waals surface area (Å²) in [4.78, 5) is 15.9. The van der Waals surface area contributed by atoms with Crippen LogP contribution in [0.5, 0.6) is 0 Å².